The van der Waals surface area contributed by atoms with Crippen molar-refractivity contribution in [2.75, 3.05) is 11.1 Å². The fourth-order valence-corrected chi connectivity index (χ4v) is 4.63. The number of nitrogens with zero attached hydrogens (tertiary/aromatic N) is 5. The third kappa shape index (κ3) is 3.26. The molecule has 1 aliphatic heterocycles. The molecule has 6 rings (SSSR count). The molecule has 10 heteroatoms. The lowest BCUT2D eigenvalue weighted by Gasteiger charge is -2.23. The van der Waals surface area contributed by atoms with Gasteiger partial charge in [0.25, 0.3) is 0 Å². The zero-order chi connectivity index (χ0) is 25.0. The molecule has 2 aromatic carbocycles. The summed E-state index contributed by atoms with van der Waals surface area (Å²) in [6.07, 6.45) is 5.81. The number of nitrogens with one attached hydrogen (secondary N) is 1. The van der Waals surface area contributed by atoms with Gasteiger partial charge in [0, 0.05) is 25.0 Å². The molecule has 36 heavy (non-hydrogen) atoms. The first-order valence-corrected chi connectivity index (χ1v) is 11.2. The van der Waals surface area contributed by atoms with E-state index in [0.29, 0.717) is 28.9 Å². The van der Waals surface area contributed by atoms with Crippen LogP contribution < -0.4 is 11.1 Å². The Morgan fingerprint density at radius 1 is 1.14 bits per heavy atom. The van der Waals surface area contributed by atoms with E-state index < -0.39 is 22.9 Å². The molecule has 3 aromatic heterocycles. The van der Waals surface area contributed by atoms with E-state index >= 15 is 0 Å². The second-order valence-electron chi connectivity index (χ2n) is 8.79. The fourth-order valence-electron chi connectivity index (χ4n) is 4.63. The number of halogens is 1. The molecule has 1 amide bonds. The van der Waals surface area contributed by atoms with E-state index in [-0.39, 0.29) is 17.5 Å². The van der Waals surface area contributed by atoms with Gasteiger partial charge in [-0.05, 0) is 30.2 Å². The smallest absolute Gasteiger partial charge is 0.240 e. The van der Waals surface area contributed by atoms with Crippen LogP contribution in [0.4, 0.5) is 16.0 Å². The van der Waals surface area contributed by atoms with E-state index in [9.17, 15) is 14.3 Å². The summed E-state index contributed by atoms with van der Waals surface area (Å²) in [7, 11) is 0. The Morgan fingerprint density at radius 2 is 1.94 bits per heavy atom. The molecule has 0 bridgehead atoms. The molecule has 0 saturated carbocycles. The van der Waals surface area contributed by atoms with Gasteiger partial charge in [0.15, 0.2) is 23.0 Å². The molecule has 0 fully saturated rings. The van der Waals surface area contributed by atoms with Crippen LogP contribution in [0.25, 0.3) is 17.2 Å². The number of rotatable bonds is 4. The number of hydrogen-bond acceptors (Lipinski definition) is 7. The van der Waals surface area contributed by atoms with Crippen molar-refractivity contribution in [3.63, 3.8) is 0 Å². The van der Waals surface area contributed by atoms with E-state index in [4.69, 9.17) is 10.7 Å². The first kappa shape index (κ1) is 21.7. The molecular formula is C26H20FN7O2. The van der Waals surface area contributed by atoms with Crippen LogP contribution in [0.3, 0.4) is 0 Å². The topological polar surface area (TPSA) is 131 Å². The van der Waals surface area contributed by atoms with Gasteiger partial charge in [0.1, 0.15) is 22.7 Å². The van der Waals surface area contributed by atoms with Gasteiger partial charge in [-0.3, -0.25) is 4.79 Å². The van der Waals surface area contributed by atoms with Gasteiger partial charge in [-0.25, -0.2) is 24.3 Å². The number of hydrogen-bond donors (Lipinski definition) is 3. The van der Waals surface area contributed by atoms with E-state index in [1.165, 1.54) is 12.1 Å². The second-order valence-corrected chi connectivity index (χ2v) is 8.79. The Bertz CT molecular complexity index is 1670. The molecule has 1 atom stereocenters. The summed E-state index contributed by atoms with van der Waals surface area (Å²) in [4.78, 5) is 31.4. The normalized spacial score (nSPS) is 16.8. The number of carbonyl (C=O) groups is 1. The van der Waals surface area contributed by atoms with Gasteiger partial charge < -0.3 is 20.6 Å². The summed E-state index contributed by atoms with van der Waals surface area (Å²) in [6, 6.07) is 13.7. The number of aromatic nitrogens is 5. The van der Waals surface area contributed by atoms with Crippen molar-refractivity contribution < 1.29 is 14.3 Å². The summed E-state index contributed by atoms with van der Waals surface area (Å²) >= 11 is 0. The van der Waals surface area contributed by atoms with Crippen LogP contribution in [0.2, 0.25) is 0 Å². The van der Waals surface area contributed by atoms with Gasteiger partial charge in [-0.2, -0.15) is 0 Å². The lowest BCUT2D eigenvalue weighted by atomic mass is 9.77. The highest BCUT2D eigenvalue weighted by Crippen LogP contribution is 2.45. The summed E-state index contributed by atoms with van der Waals surface area (Å²) < 4.78 is 16.0. The van der Waals surface area contributed by atoms with E-state index in [1.54, 1.807) is 19.3 Å². The molecule has 9 nitrogen and oxygen atoms in total. The maximum absolute atomic E-state index is 14.1. The molecular weight excluding hydrogens is 461 g/mol. The monoisotopic (exact) mass is 481 g/mol. The Labute approximate surface area is 204 Å². The predicted octanol–water partition coefficient (Wildman–Crippen LogP) is 3.46. The number of anilines is 2. The molecule has 4 heterocycles. The van der Waals surface area contributed by atoms with Crippen molar-refractivity contribution in [2.24, 2.45) is 0 Å². The highest BCUT2D eigenvalue weighted by molar-refractivity contribution is 6.09. The lowest BCUT2D eigenvalue weighted by Crippen LogP contribution is -2.33. The molecule has 0 spiro atoms. The van der Waals surface area contributed by atoms with Gasteiger partial charge >= 0.3 is 0 Å². The van der Waals surface area contributed by atoms with Crippen LogP contribution in [0, 0.1) is 5.82 Å². The number of fused-ring (bicyclic) bond motifs is 2. The van der Waals surface area contributed by atoms with Crippen molar-refractivity contribution in [3.05, 3.63) is 95.3 Å². The van der Waals surface area contributed by atoms with Crippen molar-refractivity contribution in [1.82, 2.24) is 24.3 Å². The number of phenolic OH excluding ortho intramolecular Hbond substituents is 1. The Hall–Kier alpha value is -4.86. The SMILES string of the molecule is C[C@@]1(c2ccc(O)c(F)c2)C(=O)Nc2nc(-c3cn4ccnc4c(Cc4ccccc4)n3)nc(N)c21. The van der Waals surface area contributed by atoms with E-state index in [0.717, 1.165) is 17.3 Å². The van der Waals surface area contributed by atoms with Crippen LogP contribution >= 0.6 is 0 Å². The Balaban J connectivity index is 1.47. The number of benzene rings is 2. The molecule has 0 saturated heterocycles. The number of nitrogen functional groups attached to an aromatic ring is 1. The lowest BCUT2D eigenvalue weighted by molar-refractivity contribution is -0.119. The average molecular weight is 481 g/mol. The summed E-state index contributed by atoms with van der Waals surface area (Å²) in [5.41, 5.74) is 8.68. The van der Waals surface area contributed by atoms with E-state index in [1.807, 2.05) is 40.9 Å². The molecule has 0 aliphatic carbocycles. The number of imidazole rings is 1. The third-order valence-corrected chi connectivity index (χ3v) is 6.54. The quantitative estimate of drug-likeness (QED) is 0.358. The molecule has 4 N–H and O–H groups in total. The van der Waals surface area contributed by atoms with Crippen LogP contribution in [0.1, 0.15) is 29.3 Å². The number of phenols is 1. The van der Waals surface area contributed by atoms with Crippen molar-refractivity contribution in [2.45, 2.75) is 18.8 Å². The Morgan fingerprint density at radius 3 is 2.72 bits per heavy atom. The number of carbonyl (C=O) groups excluding carboxylic acids is 1. The van der Waals surface area contributed by atoms with Crippen LogP contribution in [0.15, 0.2) is 67.1 Å². The summed E-state index contributed by atoms with van der Waals surface area (Å²) in [5, 5.41) is 12.3. The van der Waals surface area contributed by atoms with Crippen LogP contribution in [-0.4, -0.2) is 35.4 Å². The van der Waals surface area contributed by atoms with Crippen LogP contribution in [-0.2, 0) is 16.6 Å². The fraction of sp³-hybridized carbons (Fsp3) is 0.115. The minimum atomic E-state index is -1.34. The Kier molecular flexibility index (Phi) is 4.72. The largest absolute Gasteiger partial charge is 0.505 e. The highest BCUT2D eigenvalue weighted by Gasteiger charge is 2.48. The maximum Gasteiger partial charge on any atom is 0.240 e. The molecule has 1 aliphatic rings. The molecule has 0 radical (unpaired) electrons. The van der Waals surface area contributed by atoms with Crippen molar-refractivity contribution in [3.8, 4) is 17.3 Å². The zero-order valence-electron chi connectivity index (χ0n) is 19.1. The van der Waals surface area contributed by atoms with E-state index in [2.05, 4.69) is 20.3 Å². The first-order valence-electron chi connectivity index (χ1n) is 11.2. The minimum Gasteiger partial charge on any atom is -0.505 e. The van der Waals surface area contributed by atoms with Gasteiger partial charge in [-0.1, -0.05) is 36.4 Å². The average Bonchev–Trinajstić information content (AvgIpc) is 3.44. The zero-order valence-corrected chi connectivity index (χ0v) is 19.1. The number of amides is 1. The van der Waals surface area contributed by atoms with Crippen molar-refractivity contribution in [1.29, 1.82) is 0 Å². The number of aromatic hydroxyl groups is 1. The van der Waals surface area contributed by atoms with Crippen molar-refractivity contribution >= 4 is 23.2 Å². The minimum absolute atomic E-state index is 0.0708. The van der Waals surface area contributed by atoms with Gasteiger partial charge in [0.2, 0.25) is 5.91 Å². The maximum atomic E-state index is 14.1. The molecule has 178 valence electrons. The highest BCUT2D eigenvalue weighted by atomic mass is 19.1. The molecule has 0 unspecified atom stereocenters. The number of nitrogens with two attached hydrogens (primary N) is 1. The second kappa shape index (κ2) is 7.84. The third-order valence-electron chi connectivity index (χ3n) is 6.54. The van der Waals surface area contributed by atoms with Gasteiger partial charge in [-0.15, -0.1) is 0 Å². The standard InChI is InChI=1S/C26H20FN7O2/c1-26(15-7-8-19(35)16(27)12-15)20-21(28)31-22(32-23(20)33-25(26)36)18-13-34-10-9-29-24(34)17(30-18)11-14-5-3-2-4-6-14/h2-10,12-13,35H,11H2,1H3,(H3,28,31,32,33,36)/t26-/m0/s1. The van der Waals surface area contributed by atoms with Gasteiger partial charge in [0.05, 0.1) is 11.3 Å². The summed E-state index contributed by atoms with van der Waals surface area (Å²) in [6.45, 7) is 1.62. The first-order chi connectivity index (χ1) is 17.3. The predicted molar refractivity (Wildman–Crippen MR) is 131 cm³/mol. The molecule has 5 aromatic rings. The summed E-state index contributed by atoms with van der Waals surface area (Å²) in [5.74, 6) is -1.24. The van der Waals surface area contributed by atoms with Crippen LogP contribution in [0.5, 0.6) is 5.75 Å².